The average molecular weight is 332 g/mol. The quantitative estimate of drug-likeness (QED) is 0.823. The largest absolute Gasteiger partial charge is 0.493 e. The van der Waals surface area contributed by atoms with Crippen LogP contribution in [0.15, 0.2) is 41.3 Å². The zero-order chi connectivity index (χ0) is 17.7. The minimum Gasteiger partial charge on any atom is -0.493 e. The molecule has 0 bridgehead atoms. The van der Waals surface area contributed by atoms with Gasteiger partial charge in [0.2, 0.25) is 5.91 Å². The zero-order valence-electron chi connectivity index (χ0n) is 13.1. The highest BCUT2D eigenvalue weighted by Crippen LogP contribution is 2.29. The molecule has 0 spiro atoms. The molecule has 1 aromatic carbocycles. The van der Waals surface area contributed by atoms with Crippen molar-refractivity contribution in [3.8, 4) is 11.5 Å². The molecule has 126 valence electrons. The second-order valence-corrected chi connectivity index (χ2v) is 4.78. The molecule has 24 heavy (non-hydrogen) atoms. The van der Waals surface area contributed by atoms with Crippen molar-refractivity contribution >= 4 is 17.6 Å². The van der Waals surface area contributed by atoms with Gasteiger partial charge >= 0.3 is 5.97 Å². The number of carboxylic acid groups (broad SMARTS) is 1. The molecule has 8 heteroatoms. The summed E-state index contributed by atoms with van der Waals surface area (Å²) in [6, 6.07) is 7.41. The number of amides is 1. The molecule has 1 aromatic heterocycles. The van der Waals surface area contributed by atoms with E-state index in [2.05, 4.69) is 5.32 Å². The van der Waals surface area contributed by atoms with Gasteiger partial charge < -0.3 is 24.5 Å². The van der Waals surface area contributed by atoms with Crippen molar-refractivity contribution in [3.05, 3.63) is 52.4 Å². The number of aromatic carboxylic acids is 1. The molecule has 0 fully saturated rings. The number of anilines is 1. The third-order valence-electron chi connectivity index (χ3n) is 3.23. The molecule has 0 unspecified atom stereocenters. The summed E-state index contributed by atoms with van der Waals surface area (Å²) in [6.45, 7) is -0.311. The van der Waals surface area contributed by atoms with Gasteiger partial charge in [0.25, 0.3) is 5.56 Å². The van der Waals surface area contributed by atoms with Crippen molar-refractivity contribution in [2.24, 2.45) is 0 Å². The van der Waals surface area contributed by atoms with Crippen LogP contribution in [0.3, 0.4) is 0 Å². The predicted molar refractivity (Wildman–Crippen MR) is 85.8 cm³/mol. The summed E-state index contributed by atoms with van der Waals surface area (Å²) in [7, 11) is 2.97. The van der Waals surface area contributed by atoms with Gasteiger partial charge in [-0.2, -0.15) is 0 Å². The Morgan fingerprint density at radius 1 is 1.17 bits per heavy atom. The number of hydrogen-bond donors (Lipinski definition) is 2. The first-order valence-electron chi connectivity index (χ1n) is 6.91. The van der Waals surface area contributed by atoms with E-state index in [1.54, 1.807) is 18.2 Å². The number of aromatic nitrogens is 1. The number of ether oxygens (including phenoxy) is 2. The topological polar surface area (TPSA) is 107 Å². The highest BCUT2D eigenvalue weighted by molar-refractivity contribution is 5.91. The first-order chi connectivity index (χ1) is 11.5. The van der Waals surface area contributed by atoms with Crippen LogP contribution < -0.4 is 20.3 Å². The van der Waals surface area contributed by atoms with Gasteiger partial charge in [0.05, 0.1) is 14.2 Å². The first kappa shape index (κ1) is 17.1. The second kappa shape index (κ2) is 7.32. The standard InChI is InChI=1S/C16H16N2O6/c1-23-12-6-5-10(8-13(12)24-2)17-14(19)9-18-7-3-4-11(15(18)20)16(21)22/h3-8H,9H2,1-2H3,(H,17,19)(H,21,22). The predicted octanol–water partition coefficient (Wildman–Crippen LogP) is 1.20. The van der Waals surface area contributed by atoms with Gasteiger partial charge in [-0.05, 0) is 24.3 Å². The van der Waals surface area contributed by atoms with Crippen LogP contribution >= 0.6 is 0 Å². The lowest BCUT2D eigenvalue weighted by Gasteiger charge is -2.11. The summed E-state index contributed by atoms with van der Waals surface area (Å²) in [5.41, 5.74) is -0.677. The molecule has 2 rings (SSSR count). The number of benzene rings is 1. The minimum atomic E-state index is -1.34. The summed E-state index contributed by atoms with van der Waals surface area (Å²) >= 11 is 0. The monoisotopic (exact) mass is 332 g/mol. The SMILES string of the molecule is COc1ccc(NC(=O)Cn2cccc(C(=O)O)c2=O)cc1OC. The van der Waals surface area contributed by atoms with Crippen LogP contribution in [0.25, 0.3) is 0 Å². The normalized spacial score (nSPS) is 10.1. The van der Waals surface area contributed by atoms with Crippen LogP contribution in [0.1, 0.15) is 10.4 Å². The van der Waals surface area contributed by atoms with Gasteiger partial charge in [-0.15, -0.1) is 0 Å². The van der Waals surface area contributed by atoms with Gasteiger partial charge in [-0.1, -0.05) is 0 Å². The van der Waals surface area contributed by atoms with E-state index < -0.39 is 23.0 Å². The van der Waals surface area contributed by atoms with E-state index in [4.69, 9.17) is 14.6 Å². The lowest BCUT2D eigenvalue weighted by molar-refractivity contribution is -0.116. The van der Waals surface area contributed by atoms with E-state index in [1.165, 1.54) is 32.5 Å². The van der Waals surface area contributed by atoms with Crippen LogP contribution in [0.2, 0.25) is 0 Å². The Balaban J connectivity index is 2.16. The molecule has 1 amide bonds. The van der Waals surface area contributed by atoms with Crippen molar-refractivity contribution < 1.29 is 24.2 Å². The van der Waals surface area contributed by atoms with Gasteiger partial charge in [-0.3, -0.25) is 9.59 Å². The Morgan fingerprint density at radius 3 is 2.50 bits per heavy atom. The van der Waals surface area contributed by atoms with Crippen molar-refractivity contribution in [2.75, 3.05) is 19.5 Å². The lowest BCUT2D eigenvalue weighted by atomic mass is 10.2. The maximum atomic E-state index is 12.1. The number of carbonyl (C=O) groups excluding carboxylic acids is 1. The average Bonchev–Trinajstić information content (AvgIpc) is 2.56. The van der Waals surface area contributed by atoms with Crippen LogP contribution in [-0.2, 0) is 11.3 Å². The number of methoxy groups -OCH3 is 2. The fourth-order valence-corrected chi connectivity index (χ4v) is 2.09. The molecule has 0 saturated carbocycles. The Hall–Kier alpha value is -3.29. The number of rotatable bonds is 6. The molecule has 0 radical (unpaired) electrons. The highest BCUT2D eigenvalue weighted by atomic mass is 16.5. The molecule has 8 nitrogen and oxygen atoms in total. The second-order valence-electron chi connectivity index (χ2n) is 4.78. The van der Waals surface area contributed by atoms with E-state index in [9.17, 15) is 14.4 Å². The lowest BCUT2D eigenvalue weighted by Crippen LogP contribution is -2.30. The van der Waals surface area contributed by atoms with Gasteiger partial charge in [0.1, 0.15) is 12.1 Å². The molecule has 0 atom stereocenters. The number of nitrogens with zero attached hydrogens (tertiary/aromatic N) is 1. The fraction of sp³-hybridized carbons (Fsp3) is 0.188. The summed E-state index contributed by atoms with van der Waals surface area (Å²) < 4.78 is 11.3. The van der Waals surface area contributed by atoms with Gasteiger partial charge in [0, 0.05) is 18.0 Å². The summed E-state index contributed by atoms with van der Waals surface area (Å²) in [4.78, 5) is 35.0. The van der Waals surface area contributed by atoms with Gasteiger partial charge in [-0.25, -0.2) is 4.79 Å². The molecule has 0 saturated heterocycles. The first-order valence-corrected chi connectivity index (χ1v) is 6.91. The van der Waals surface area contributed by atoms with Crippen molar-refractivity contribution in [2.45, 2.75) is 6.54 Å². The third kappa shape index (κ3) is 3.72. The van der Waals surface area contributed by atoms with Crippen molar-refractivity contribution in [1.29, 1.82) is 0 Å². The Bertz CT molecular complexity index is 828. The maximum absolute atomic E-state index is 12.1. The molecular weight excluding hydrogens is 316 g/mol. The fourth-order valence-electron chi connectivity index (χ4n) is 2.09. The molecule has 2 aromatic rings. The van der Waals surface area contributed by atoms with Gasteiger partial charge in [0.15, 0.2) is 11.5 Å². The molecule has 0 aliphatic heterocycles. The summed E-state index contributed by atoms with van der Waals surface area (Å²) in [5.74, 6) is -0.859. The number of hydrogen-bond acceptors (Lipinski definition) is 5. The van der Waals surface area contributed by atoms with Crippen LogP contribution in [0.5, 0.6) is 11.5 Å². The van der Waals surface area contributed by atoms with Crippen LogP contribution in [0, 0.1) is 0 Å². The van der Waals surface area contributed by atoms with E-state index >= 15 is 0 Å². The van der Waals surface area contributed by atoms with E-state index in [1.807, 2.05) is 0 Å². The number of nitrogens with one attached hydrogen (secondary N) is 1. The minimum absolute atomic E-state index is 0.311. The van der Waals surface area contributed by atoms with E-state index in [0.717, 1.165) is 4.57 Å². The third-order valence-corrected chi connectivity index (χ3v) is 3.23. The molecule has 0 aliphatic carbocycles. The number of carboxylic acids is 1. The summed E-state index contributed by atoms with van der Waals surface area (Å²) in [6.07, 6.45) is 1.35. The molecular formula is C16H16N2O6. The molecule has 1 heterocycles. The Morgan fingerprint density at radius 2 is 1.88 bits per heavy atom. The van der Waals surface area contributed by atoms with E-state index in [0.29, 0.717) is 17.2 Å². The van der Waals surface area contributed by atoms with Crippen molar-refractivity contribution in [1.82, 2.24) is 4.57 Å². The Kier molecular flexibility index (Phi) is 5.20. The molecule has 2 N–H and O–H groups in total. The highest BCUT2D eigenvalue weighted by Gasteiger charge is 2.13. The maximum Gasteiger partial charge on any atom is 0.341 e. The van der Waals surface area contributed by atoms with Crippen molar-refractivity contribution in [3.63, 3.8) is 0 Å². The van der Waals surface area contributed by atoms with Crippen LogP contribution in [0.4, 0.5) is 5.69 Å². The number of pyridine rings is 1. The Labute approximate surface area is 137 Å². The van der Waals surface area contributed by atoms with E-state index in [-0.39, 0.29) is 6.54 Å². The number of carbonyl (C=O) groups is 2. The van der Waals surface area contributed by atoms with Crippen LogP contribution in [-0.4, -0.2) is 35.8 Å². The summed E-state index contributed by atoms with van der Waals surface area (Å²) in [5, 5.41) is 11.5. The smallest absolute Gasteiger partial charge is 0.341 e. The molecule has 0 aliphatic rings. The zero-order valence-corrected chi connectivity index (χ0v) is 13.1.